The lowest BCUT2D eigenvalue weighted by Gasteiger charge is -2.25. The standard InChI is InChI=1S/C17H25NO2/c1-12-6-7-14-13(10-12)11-15(20-14)17(5,19)8-9-18-16(2,3)4/h6-7,10-11,18-19H,8-9H2,1-5H3. The number of rotatable bonds is 4. The predicted molar refractivity (Wildman–Crippen MR) is 82.9 cm³/mol. The Labute approximate surface area is 121 Å². The van der Waals surface area contributed by atoms with Gasteiger partial charge in [0.1, 0.15) is 16.9 Å². The van der Waals surface area contributed by atoms with Crippen LogP contribution in [0.4, 0.5) is 0 Å². The first-order chi connectivity index (χ1) is 9.17. The summed E-state index contributed by atoms with van der Waals surface area (Å²) >= 11 is 0. The van der Waals surface area contributed by atoms with Gasteiger partial charge in [-0.1, -0.05) is 11.6 Å². The van der Waals surface area contributed by atoms with Crippen molar-refractivity contribution in [3.05, 3.63) is 35.6 Å². The zero-order valence-corrected chi connectivity index (χ0v) is 13.1. The minimum atomic E-state index is -0.953. The van der Waals surface area contributed by atoms with E-state index in [1.807, 2.05) is 25.1 Å². The lowest BCUT2D eigenvalue weighted by Crippen LogP contribution is -2.39. The third-order valence-electron chi connectivity index (χ3n) is 3.47. The van der Waals surface area contributed by atoms with Crippen molar-refractivity contribution in [3.8, 4) is 0 Å². The van der Waals surface area contributed by atoms with Gasteiger partial charge in [-0.3, -0.25) is 0 Å². The molecule has 0 saturated carbocycles. The van der Waals surface area contributed by atoms with E-state index in [4.69, 9.17) is 4.42 Å². The van der Waals surface area contributed by atoms with Crippen molar-refractivity contribution in [3.63, 3.8) is 0 Å². The molecular formula is C17H25NO2. The minimum absolute atomic E-state index is 0.0566. The molecular weight excluding hydrogens is 250 g/mol. The number of benzene rings is 1. The smallest absolute Gasteiger partial charge is 0.136 e. The van der Waals surface area contributed by atoms with E-state index in [1.54, 1.807) is 0 Å². The van der Waals surface area contributed by atoms with Crippen LogP contribution >= 0.6 is 0 Å². The van der Waals surface area contributed by atoms with E-state index in [0.29, 0.717) is 12.2 Å². The third kappa shape index (κ3) is 3.62. The van der Waals surface area contributed by atoms with E-state index in [0.717, 1.165) is 17.5 Å². The van der Waals surface area contributed by atoms with Gasteiger partial charge in [-0.15, -0.1) is 0 Å². The van der Waals surface area contributed by atoms with Crippen molar-refractivity contribution in [1.29, 1.82) is 0 Å². The number of nitrogens with one attached hydrogen (secondary N) is 1. The van der Waals surface area contributed by atoms with Crippen molar-refractivity contribution in [2.24, 2.45) is 0 Å². The highest BCUT2D eigenvalue weighted by molar-refractivity contribution is 5.78. The van der Waals surface area contributed by atoms with Gasteiger partial charge < -0.3 is 14.8 Å². The van der Waals surface area contributed by atoms with Crippen molar-refractivity contribution < 1.29 is 9.52 Å². The summed E-state index contributed by atoms with van der Waals surface area (Å²) in [6, 6.07) is 7.99. The van der Waals surface area contributed by atoms with Gasteiger partial charge in [-0.05, 0) is 65.8 Å². The van der Waals surface area contributed by atoms with Crippen molar-refractivity contribution >= 4 is 11.0 Å². The maximum atomic E-state index is 10.6. The number of aryl methyl sites for hydroxylation is 1. The second kappa shape index (κ2) is 5.23. The normalized spacial score (nSPS) is 15.5. The Morgan fingerprint density at radius 3 is 2.50 bits per heavy atom. The molecule has 0 aliphatic rings. The molecule has 0 bridgehead atoms. The van der Waals surface area contributed by atoms with Crippen LogP contribution in [0.3, 0.4) is 0 Å². The molecule has 2 aromatic rings. The molecule has 1 aromatic heterocycles. The summed E-state index contributed by atoms with van der Waals surface area (Å²) in [5.74, 6) is 0.633. The quantitative estimate of drug-likeness (QED) is 0.893. The minimum Gasteiger partial charge on any atom is -0.458 e. The first-order valence-corrected chi connectivity index (χ1v) is 7.15. The van der Waals surface area contributed by atoms with Crippen LogP contribution in [0.5, 0.6) is 0 Å². The molecule has 3 nitrogen and oxygen atoms in total. The molecule has 2 N–H and O–H groups in total. The molecule has 1 heterocycles. The van der Waals surface area contributed by atoms with Crippen LogP contribution in [0, 0.1) is 6.92 Å². The van der Waals surface area contributed by atoms with Crippen LogP contribution in [0.2, 0.25) is 0 Å². The predicted octanol–water partition coefficient (Wildman–Crippen LogP) is 3.73. The highest BCUT2D eigenvalue weighted by Crippen LogP contribution is 2.30. The maximum Gasteiger partial charge on any atom is 0.136 e. The Bertz CT molecular complexity index is 591. The van der Waals surface area contributed by atoms with Gasteiger partial charge >= 0.3 is 0 Å². The van der Waals surface area contributed by atoms with E-state index >= 15 is 0 Å². The second-order valence-electron chi connectivity index (χ2n) is 6.85. The monoisotopic (exact) mass is 275 g/mol. The van der Waals surface area contributed by atoms with Crippen LogP contribution < -0.4 is 5.32 Å². The van der Waals surface area contributed by atoms with E-state index in [2.05, 4.69) is 39.1 Å². The molecule has 1 atom stereocenters. The molecule has 0 saturated heterocycles. The largest absolute Gasteiger partial charge is 0.458 e. The van der Waals surface area contributed by atoms with E-state index < -0.39 is 5.60 Å². The molecule has 3 heteroatoms. The Morgan fingerprint density at radius 1 is 1.15 bits per heavy atom. The molecule has 0 fully saturated rings. The summed E-state index contributed by atoms with van der Waals surface area (Å²) in [6.45, 7) is 11.0. The first-order valence-electron chi connectivity index (χ1n) is 7.15. The van der Waals surface area contributed by atoms with Crippen molar-refractivity contribution in [2.75, 3.05) is 6.54 Å². The van der Waals surface area contributed by atoms with Gasteiger partial charge in [0.2, 0.25) is 0 Å². The fourth-order valence-electron chi connectivity index (χ4n) is 2.23. The Kier molecular flexibility index (Phi) is 3.94. The van der Waals surface area contributed by atoms with Crippen LogP contribution in [0.25, 0.3) is 11.0 Å². The average Bonchev–Trinajstić information content (AvgIpc) is 2.70. The Balaban J connectivity index is 2.14. The number of hydrogen-bond donors (Lipinski definition) is 2. The number of aliphatic hydroxyl groups is 1. The second-order valence-corrected chi connectivity index (χ2v) is 6.85. The highest BCUT2D eigenvalue weighted by atomic mass is 16.4. The van der Waals surface area contributed by atoms with Crippen molar-refractivity contribution in [2.45, 2.75) is 52.2 Å². The molecule has 20 heavy (non-hydrogen) atoms. The maximum absolute atomic E-state index is 10.6. The molecule has 0 amide bonds. The first kappa shape index (κ1) is 15.1. The number of fused-ring (bicyclic) bond motifs is 1. The van der Waals surface area contributed by atoms with E-state index in [-0.39, 0.29) is 5.54 Å². The SMILES string of the molecule is Cc1ccc2oc(C(C)(O)CCNC(C)(C)C)cc2c1. The molecule has 0 radical (unpaired) electrons. The summed E-state index contributed by atoms with van der Waals surface area (Å²) in [5.41, 5.74) is 1.13. The zero-order valence-electron chi connectivity index (χ0n) is 13.1. The summed E-state index contributed by atoms with van der Waals surface area (Å²) in [6.07, 6.45) is 0.614. The molecule has 0 aliphatic carbocycles. The summed E-state index contributed by atoms with van der Waals surface area (Å²) in [5, 5.41) is 15.1. The van der Waals surface area contributed by atoms with Crippen LogP contribution in [0.15, 0.2) is 28.7 Å². The van der Waals surface area contributed by atoms with Crippen molar-refractivity contribution in [1.82, 2.24) is 5.32 Å². The molecule has 110 valence electrons. The van der Waals surface area contributed by atoms with Gasteiger partial charge in [0.05, 0.1) is 0 Å². The summed E-state index contributed by atoms with van der Waals surface area (Å²) in [7, 11) is 0. The Morgan fingerprint density at radius 2 is 1.85 bits per heavy atom. The molecule has 2 rings (SSSR count). The van der Waals surface area contributed by atoms with Crippen LogP contribution in [-0.4, -0.2) is 17.2 Å². The summed E-state index contributed by atoms with van der Waals surface area (Å²) in [4.78, 5) is 0. The van der Waals surface area contributed by atoms with Gasteiger partial charge in [-0.25, -0.2) is 0 Å². The number of furan rings is 1. The lowest BCUT2D eigenvalue weighted by molar-refractivity contribution is 0.0258. The van der Waals surface area contributed by atoms with E-state index in [1.165, 1.54) is 5.56 Å². The molecule has 0 spiro atoms. The zero-order chi connectivity index (χ0) is 15.0. The van der Waals surface area contributed by atoms with Gasteiger partial charge in [0.25, 0.3) is 0 Å². The van der Waals surface area contributed by atoms with Gasteiger partial charge in [0, 0.05) is 10.9 Å². The molecule has 1 aromatic carbocycles. The molecule has 1 unspecified atom stereocenters. The van der Waals surface area contributed by atoms with Crippen LogP contribution in [-0.2, 0) is 5.60 Å². The average molecular weight is 275 g/mol. The topological polar surface area (TPSA) is 45.4 Å². The van der Waals surface area contributed by atoms with Gasteiger partial charge in [0.15, 0.2) is 0 Å². The highest BCUT2D eigenvalue weighted by Gasteiger charge is 2.27. The van der Waals surface area contributed by atoms with Crippen LogP contribution in [0.1, 0.15) is 45.4 Å². The number of hydrogen-bond acceptors (Lipinski definition) is 3. The lowest BCUT2D eigenvalue weighted by atomic mass is 9.98. The fourth-order valence-corrected chi connectivity index (χ4v) is 2.23. The third-order valence-corrected chi connectivity index (χ3v) is 3.47. The van der Waals surface area contributed by atoms with E-state index in [9.17, 15) is 5.11 Å². The van der Waals surface area contributed by atoms with Gasteiger partial charge in [-0.2, -0.15) is 0 Å². The molecule has 0 aliphatic heterocycles. The Hall–Kier alpha value is -1.32. The fraction of sp³-hybridized carbons (Fsp3) is 0.529. The summed E-state index contributed by atoms with van der Waals surface area (Å²) < 4.78 is 5.79.